The molecule has 1 atom stereocenters. The first kappa shape index (κ1) is 24.0. The van der Waals surface area contributed by atoms with Gasteiger partial charge in [-0.3, -0.25) is 20.5 Å². The summed E-state index contributed by atoms with van der Waals surface area (Å²) in [6.07, 6.45) is 6.80. The summed E-state index contributed by atoms with van der Waals surface area (Å²) >= 11 is 0. The molecule has 1 aromatic heterocycles. The van der Waals surface area contributed by atoms with E-state index in [1.165, 1.54) is 19.2 Å². The van der Waals surface area contributed by atoms with Crippen LogP contribution in [-0.2, 0) is 12.2 Å². The molecule has 0 spiro atoms. The number of anilines is 2. The van der Waals surface area contributed by atoms with Crippen LogP contribution in [0.2, 0.25) is 0 Å². The molecular formula is C21H31N9O3. The Kier molecular flexibility index (Phi) is 7.19. The van der Waals surface area contributed by atoms with Gasteiger partial charge in [-0.2, -0.15) is 5.10 Å². The number of aliphatic imine (C=N–C) groups is 1. The highest BCUT2D eigenvalue weighted by Gasteiger charge is 2.34. The first-order valence-corrected chi connectivity index (χ1v) is 10.5. The van der Waals surface area contributed by atoms with E-state index in [4.69, 9.17) is 10.5 Å². The van der Waals surface area contributed by atoms with Crippen LogP contribution >= 0.6 is 0 Å². The van der Waals surface area contributed by atoms with Gasteiger partial charge in [-0.05, 0) is 27.1 Å². The summed E-state index contributed by atoms with van der Waals surface area (Å²) in [5.41, 5.74) is 6.87. The number of likely N-dealkylation sites (N-methyl/N-ethyl adjacent to an activating group) is 2. The number of hydrogen-bond acceptors (Lipinski definition) is 10. The standard InChI is InChI=1S/C21H31N9O3/c1-6-29-14-15(13-24-29)25-20-23-8-7-21(22,26-20)17-11-16(30(31)32)12-18(19(17)33-5)28(4)10-9-27(2)3/h7-8,11-14H,6,9-10,22H2,1-5H3,(H2,23,25,26). The number of aryl methyl sites for hydroxylation is 1. The number of benzene rings is 1. The summed E-state index contributed by atoms with van der Waals surface area (Å²) in [5.74, 6) is 0.810. The average Bonchev–Trinajstić information content (AvgIpc) is 3.23. The lowest BCUT2D eigenvalue weighted by atomic mass is 9.96. The van der Waals surface area contributed by atoms with Crippen LogP contribution in [0.5, 0.6) is 5.75 Å². The van der Waals surface area contributed by atoms with Crippen molar-refractivity contribution in [2.45, 2.75) is 19.1 Å². The second-order valence-electron chi connectivity index (χ2n) is 8.00. The van der Waals surface area contributed by atoms with E-state index in [2.05, 4.69) is 20.7 Å². The predicted octanol–water partition coefficient (Wildman–Crippen LogP) is 1.51. The Hall–Kier alpha value is -3.64. The first-order chi connectivity index (χ1) is 15.7. The molecule has 0 bridgehead atoms. The Labute approximate surface area is 192 Å². The second kappa shape index (κ2) is 9.88. The first-order valence-electron chi connectivity index (χ1n) is 10.5. The molecule has 0 fully saturated rings. The molecule has 12 nitrogen and oxygen atoms in total. The zero-order valence-electron chi connectivity index (χ0n) is 19.6. The van der Waals surface area contributed by atoms with E-state index in [0.717, 1.165) is 18.8 Å². The molecule has 2 aromatic rings. The maximum absolute atomic E-state index is 11.7. The van der Waals surface area contributed by atoms with Gasteiger partial charge in [-0.1, -0.05) is 0 Å². The van der Waals surface area contributed by atoms with Crippen LogP contribution in [0.3, 0.4) is 0 Å². The number of hydrogen-bond donors (Lipinski definition) is 3. The highest BCUT2D eigenvalue weighted by Crippen LogP contribution is 2.41. The monoisotopic (exact) mass is 457 g/mol. The summed E-state index contributed by atoms with van der Waals surface area (Å²) in [5, 5.41) is 22.1. The number of ether oxygens (including phenoxy) is 1. The predicted molar refractivity (Wildman–Crippen MR) is 129 cm³/mol. The lowest BCUT2D eigenvalue weighted by Crippen LogP contribution is -2.42. The van der Waals surface area contributed by atoms with Gasteiger partial charge in [-0.25, -0.2) is 4.99 Å². The number of methoxy groups -OCH3 is 1. The molecule has 0 saturated heterocycles. The van der Waals surface area contributed by atoms with Gasteiger partial charge in [0, 0.05) is 56.8 Å². The number of guanidine groups is 1. The quantitative estimate of drug-likeness (QED) is 0.378. The Morgan fingerprint density at radius 1 is 1.33 bits per heavy atom. The van der Waals surface area contributed by atoms with Gasteiger partial charge in [0.15, 0.2) is 5.66 Å². The van der Waals surface area contributed by atoms with Crippen molar-refractivity contribution in [2.75, 3.05) is 51.6 Å². The van der Waals surface area contributed by atoms with E-state index in [9.17, 15) is 10.1 Å². The number of aromatic nitrogens is 2. The molecule has 1 aromatic carbocycles. The van der Waals surface area contributed by atoms with E-state index < -0.39 is 10.6 Å². The van der Waals surface area contributed by atoms with Crippen molar-refractivity contribution in [1.29, 1.82) is 0 Å². The number of nitrogens with two attached hydrogens (primary N) is 1. The third kappa shape index (κ3) is 5.41. The molecule has 178 valence electrons. The number of nitro benzene ring substituents is 1. The number of non-ortho nitro benzene ring substituents is 1. The number of nitro groups is 1. The fraction of sp³-hybridized carbons (Fsp3) is 0.429. The van der Waals surface area contributed by atoms with Crippen LogP contribution in [-0.4, -0.2) is 66.9 Å². The Morgan fingerprint density at radius 2 is 2.09 bits per heavy atom. The maximum atomic E-state index is 11.7. The summed E-state index contributed by atoms with van der Waals surface area (Å²) in [7, 11) is 7.31. The molecule has 0 radical (unpaired) electrons. The van der Waals surface area contributed by atoms with Gasteiger partial charge in [0.1, 0.15) is 5.75 Å². The van der Waals surface area contributed by atoms with Crippen LogP contribution in [0.25, 0.3) is 0 Å². The van der Waals surface area contributed by atoms with Gasteiger partial charge in [0.05, 0.1) is 29.6 Å². The van der Waals surface area contributed by atoms with Gasteiger partial charge < -0.3 is 25.2 Å². The fourth-order valence-corrected chi connectivity index (χ4v) is 3.42. The van der Waals surface area contributed by atoms with E-state index in [-0.39, 0.29) is 5.69 Å². The van der Waals surface area contributed by atoms with Crippen LogP contribution in [0.4, 0.5) is 17.1 Å². The van der Waals surface area contributed by atoms with Gasteiger partial charge in [0.2, 0.25) is 5.96 Å². The average molecular weight is 458 g/mol. The molecule has 4 N–H and O–H groups in total. The van der Waals surface area contributed by atoms with Crippen LogP contribution in [0, 0.1) is 10.1 Å². The van der Waals surface area contributed by atoms with Gasteiger partial charge in [0.25, 0.3) is 5.69 Å². The normalized spacial score (nSPS) is 17.5. The number of nitrogens with zero attached hydrogens (tertiary/aromatic N) is 6. The third-order valence-corrected chi connectivity index (χ3v) is 5.27. The molecule has 2 heterocycles. The summed E-state index contributed by atoms with van der Waals surface area (Å²) in [4.78, 5) is 19.8. The van der Waals surface area contributed by atoms with Gasteiger partial charge in [-0.15, -0.1) is 0 Å². The zero-order valence-corrected chi connectivity index (χ0v) is 19.6. The number of rotatable bonds is 9. The zero-order chi connectivity index (χ0) is 24.2. The smallest absolute Gasteiger partial charge is 0.272 e. The Morgan fingerprint density at radius 3 is 2.70 bits per heavy atom. The molecule has 0 saturated carbocycles. The van der Waals surface area contributed by atoms with E-state index in [1.54, 1.807) is 23.2 Å². The van der Waals surface area contributed by atoms with Crippen molar-refractivity contribution in [1.82, 2.24) is 20.0 Å². The molecule has 1 aliphatic rings. The largest absolute Gasteiger partial charge is 0.494 e. The fourth-order valence-electron chi connectivity index (χ4n) is 3.42. The summed E-state index contributed by atoms with van der Waals surface area (Å²) < 4.78 is 7.49. The molecule has 1 aliphatic heterocycles. The summed E-state index contributed by atoms with van der Waals surface area (Å²) in [6, 6.07) is 2.90. The Bertz CT molecular complexity index is 1060. The molecule has 12 heteroatoms. The lowest BCUT2D eigenvalue weighted by molar-refractivity contribution is -0.384. The highest BCUT2D eigenvalue weighted by atomic mass is 16.6. The second-order valence-corrected chi connectivity index (χ2v) is 8.00. The van der Waals surface area contributed by atoms with E-state index in [1.807, 2.05) is 44.1 Å². The van der Waals surface area contributed by atoms with Crippen molar-refractivity contribution in [3.05, 3.63) is 52.5 Å². The molecule has 0 amide bonds. The maximum Gasteiger partial charge on any atom is 0.272 e. The van der Waals surface area contributed by atoms with Crippen molar-refractivity contribution < 1.29 is 9.66 Å². The Balaban J connectivity index is 2.04. The molecule has 3 rings (SSSR count). The van der Waals surface area contributed by atoms with Crippen LogP contribution in [0.15, 0.2) is 41.8 Å². The lowest BCUT2D eigenvalue weighted by Gasteiger charge is -2.31. The minimum Gasteiger partial charge on any atom is -0.494 e. The van der Waals surface area contributed by atoms with Gasteiger partial charge >= 0.3 is 0 Å². The van der Waals surface area contributed by atoms with Crippen molar-refractivity contribution in [2.24, 2.45) is 10.7 Å². The minimum absolute atomic E-state index is 0.0943. The van der Waals surface area contributed by atoms with Crippen LogP contribution < -0.4 is 26.0 Å². The summed E-state index contributed by atoms with van der Waals surface area (Å²) in [6.45, 7) is 4.11. The third-order valence-electron chi connectivity index (χ3n) is 5.27. The topological polar surface area (TPSA) is 139 Å². The molecule has 1 unspecified atom stereocenters. The molecule has 33 heavy (non-hydrogen) atoms. The molecular weight excluding hydrogens is 426 g/mol. The van der Waals surface area contributed by atoms with Crippen molar-refractivity contribution in [3.8, 4) is 5.75 Å². The van der Waals surface area contributed by atoms with Crippen molar-refractivity contribution >= 4 is 23.0 Å². The highest BCUT2D eigenvalue weighted by molar-refractivity contribution is 5.95. The number of nitrogens with one attached hydrogen (secondary N) is 2. The molecule has 0 aliphatic carbocycles. The van der Waals surface area contributed by atoms with Crippen molar-refractivity contribution in [3.63, 3.8) is 0 Å². The minimum atomic E-state index is -1.40. The van der Waals surface area contributed by atoms with Crippen LogP contribution in [0.1, 0.15) is 12.5 Å². The van der Waals surface area contributed by atoms with E-state index >= 15 is 0 Å². The SMILES string of the molecule is CCn1cc(NC2=NC(N)(c3cc([N+](=O)[O-])cc(N(C)CCN(C)C)c3OC)C=CN2)cn1. The van der Waals surface area contributed by atoms with E-state index in [0.29, 0.717) is 29.5 Å².